The van der Waals surface area contributed by atoms with Crippen LogP contribution in [0.2, 0.25) is 0 Å². The van der Waals surface area contributed by atoms with Crippen molar-refractivity contribution in [2.24, 2.45) is 0 Å². The summed E-state index contributed by atoms with van der Waals surface area (Å²) in [7, 11) is 0. The van der Waals surface area contributed by atoms with E-state index in [4.69, 9.17) is 14.6 Å². The van der Waals surface area contributed by atoms with Gasteiger partial charge in [0.25, 0.3) is 0 Å². The van der Waals surface area contributed by atoms with E-state index in [1.54, 1.807) is 6.92 Å². The number of hydrogen-bond acceptors (Lipinski definition) is 4. The Morgan fingerprint density at radius 1 is 1.00 bits per heavy atom. The summed E-state index contributed by atoms with van der Waals surface area (Å²) in [5.41, 5.74) is 0. The summed E-state index contributed by atoms with van der Waals surface area (Å²) >= 11 is 0. The van der Waals surface area contributed by atoms with E-state index in [0.29, 0.717) is 13.2 Å². The molecule has 0 fully saturated rings. The normalized spacial score (nSPS) is 19.1. The van der Waals surface area contributed by atoms with E-state index in [1.165, 1.54) is 0 Å². The van der Waals surface area contributed by atoms with Crippen molar-refractivity contribution in [3.8, 4) is 0 Å². The molecule has 98 valence electrons. The van der Waals surface area contributed by atoms with E-state index in [1.807, 2.05) is 20.8 Å². The third-order valence-corrected chi connectivity index (χ3v) is 2.34. The van der Waals surface area contributed by atoms with Gasteiger partial charge in [-0.05, 0) is 27.2 Å². The fourth-order valence-electron chi connectivity index (χ4n) is 1.28. The lowest BCUT2D eigenvalue weighted by atomic mass is 10.1. The molecule has 4 atom stereocenters. The molecule has 2 N–H and O–H groups in total. The van der Waals surface area contributed by atoms with Crippen LogP contribution in [0.4, 0.5) is 0 Å². The molecule has 0 aromatic carbocycles. The molecule has 0 saturated carbocycles. The van der Waals surface area contributed by atoms with E-state index >= 15 is 0 Å². The minimum absolute atomic E-state index is 0.0640. The maximum absolute atomic E-state index is 9.64. The van der Waals surface area contributed by atoms with Gasteiger partial charge in [-0.2, -0.15) is 0 Å². The largest absolute Gasteiger partial charge is 0.391 e. The van der Waals surface area contributed by atoms with Crippen molar-refractivity contribution in [3.05, 3.63) is 0 Å². The monoisotopic (exact) mass is 234 g/mol. The predicted molar refractivity (Wildman–Crippen MR) is 63.4 cm³/mol. The first-order valence-corrected chi connectivity index (χ1v) is 6.06. The van der Waals surface area contributed by atoms with E-state index in [-0.39, 0.29) is 12.2 Å². The molecule has 16 heavy (non-hydrogen) atoms. The summed E-state index contributed by atoms with van der Waals surface area (Å²) in [5, 5.41) is 18.7. The highest BCUT2D eigenvalue weighted by Crippen LogP contribution is 2.07. The number of aliphatic hydroxyl groups excluding tert-OH is 2. The predicted octanol–water partition coefficient (Wildman–Crippen LogP) is 1.34. The maximum atomic E-state index is 9.64. The molecular weight excluding hydrogens is 208 g/mol. The van der Waals surface area contributed by atoms with Crippen molar-refractivity contribution in [2.75, 3.05) is 13.2 Å². The van der Waals surface area contributed by atoms with Gasteiger partial charge in [0.15, 0.2) is 0 Å². The highest BCUT2D eigenvalue weighted by molar-refractivity contribution is 4.64. The van der Waals surface area contributed by atoms with Crippen LogP contribution in [0.3, 0.4) is 0 Å². The summed E-state index contributed by atoms with van der Waals surface area (Å²) in [6.07, 6.45) is 0.607. The lowest BCUT2D eigenvalue weighted by molar-refractivity contribution is -0.0826. The van der Waals surface area contributed by atoms with E-state index < -0.39 is 12.2 Å². The molecule has 4 heteroatoms. The summed E-state index contributed by atoms with van der Waals surface area (Å²) in [6.45, 7) is 8.22. The first-order chi connectivity index (χ1) is 7.47. The van der Waals surface area contributed by atoms with Crippen LogP contribution >= 0.6 is 0 Å². The minimum Gasteiger partial charge on any atom is -0.391 e. The topological polar surface area (TPSA) is 58.9 Å². The van der Waals surface area contributed by atoms with Crippen molar-refractivity contribution in [1.82, 2.24) is 0 Å². The summed E-state index contributed by atoms with van der Waals surface area (Å²) in [5.74, 6) is 0. The highest BCUT2D eigenvalue weighted by atomic mass is 16.5. The highest BCUT2D eigenvalue weighted by Gasteiger charge is 2.15. The molecule has 0 aromatic rings. The Morgan fingerprint density at radius 2 is 1.62 bits per heavy atom. The van der Waals surface area contributed by atoms with Gasteiger partial charge in [-0.1, -0.05) is 13.3 Å². The van der Waals surface area contributed by atoms with Gasteiger partial charge >= 0.3 is 0 Å². The molecule has 0 saturated heterocycles. The first kappa shape index (κ1) is 15.8. The second-order valence-electron chi connectivity index (χ2n) is 4.39. The molecule has 0 radical (unpaired) electrons. The molecule has 4 unspecified atom stereocenters. The van der Waals surface area contributed by atoms with Gasteiger partial charge in [0.2, 0.25) is 0 Å². The number of aliphatic hydroxyl groups is 2. The average Bonchev–Trinajstić information content (AvgIpc) is 2.23. The Balaban J connectivity index is 3.61. The second-order valence-corrected chi connectivity index (χ2v) is 4.39. The standard InChI is InChI=1S/C12H26O4/c1-5-6-12(14)11(4)16-8-10(3)15-7-9(2)13/h9-14H,5-8H2,1-4H3. The minimum atomic E-state index is -0.453. The Hall–Kier alpha value is -0.160. The van der Waals surface area contributed by atoms with Gasteiger partial charge in [-0.25, -0.2) is 0 Å². The molecule has 0 aliphatic rings. The average molecular weight is 234 g/mol. The number of rotatable bonds is 9. The molecule has 0 amide bonds. The van der Waals surface area contributed by atoms with Crippen molar-refractivity contribution in [3.63, 3.8) is 0 Å². The van der Waals surface area contributed by atoms with Gasteiger partial charge in [-0.3, -0.25) is 0 Å². The maximum Gasteiger partial charge on any atom is 0.0807 e. The van der Waals surface area contributed by atoms with E-state index in [2.05, 4.69) is 0 Å². The Bertz CT molecular complexity index is 161. The number of ether oxygens (including phenoxy) is 2. The van der Waals surface area contributed by atoms with Crippen molar-refractivity contribution in [1.29, 1.82) is 0 Å². The molecule has 0 bridgehead atoms. The smallest absolute Gasteiger partial charge is 0.0807 e. The molecule has 4 nitrogen and oxygen atoms in total. The van der Waals surface area contributed by atoms with Gasteiger partial charge in [0.1, 0.15) is 0 Å². The Labute approximate surface area is 98.6 Å². The van der Waals surface area contributed by atoms with Crippen molar-refractivity contribution >= 4 is 0 Å². The summed E-state index contributed by atoms with van der Waals surface area (Å²) in [4.78, 5) is 0. The third kappa shape index (κ3) is 8.05. The quantitative estimate of drug-likeness (QED) is 0.632. The molecule has 0 rings (SSSR count). The van der Waals surface area contributed by atoms with Crippen LogP contribution in [-0.2, 0) is 9.47 Å². The van der Waals surface area contributed by atoms with Gasteiger partial charge < -0.3 is 19.7 Å². The summed E-state index contributed by atoms with van der Waals surface area (Å²) < 4.78 is 10.8. The zero-order chi connectivity index (χ0) is 12.6. The van der Waals surface area contributed by atoms with Crippen LogP contribution in [0.1, 0.15) is 40.5 Å². The van der Waals surface area contributed by atoms with E-state index in [9.17, 15) is 5.11 Å². The first-order valence-electron chi connectivity index (χ1n) is 6.06. The lowest BCUT2D eigenvalue weighted by Crippen LogP contribution is -2.30. The molecule has 0 aromatic heterocycles. The fourth-order valence-corrected chi connectivity index (χ4v) is 1.28. The van der Waals surface area contributed by atoms with Crippen molar-refractivity contribution in [2.45, 2.75) is 65.0 Å². The van der Waals surface area contributed by atoms with Crippen LogP contribution in [-0.4, -0.2) is 47.8 Å². The SMILES string of the molecule is CCCC(O)C(C)OCC(C)OCC(C)O. The molecule has 0 aliphatic carbocycles. The number of hydrogen-bond donors (Lipinski definition) is 2. The molecule has 0 aliphatic heterocycles. The second kappa shape index (κ2) is 8.93. The van der Waals surface area contributed by atoms with Crippen LogP contribution in [0.5, 0.6) is 0 Å². The zero-order valence-corrected chi connectivity index (χ0v) is 10.8. The lowest BCUT2D eigenvalue weighted by Gasteiger charge is -2.21. The van der Waals surface area contributed by atoms with Crippen LogP contribution in [0.25, 0.3) is 0 Å². The van der Waals surface area contributed by atoms with Crippen LogP contribution in [0, 0.1) is 0 Å². The molecule has 0 heterocycles. The molecular formula is C12H26O4. The summed E-state index contributed by atoms with van der Waals surface area (Å²) in [6, 6.07) is 0. The zero-order valence-electron chi connectivity index (χ0n) is 10.8. The Kier molecular flexibility index (Phi) is 8.84. The van der Waals surface area contributed by atoms with Crippen LogP contribution < -0.4 is 0 Å². The van der Waals surface area contributed by atoms with Gasteiger partial charge in [0.05, 0.1) is 37.6 Å². The Morgan fingerprint density at radius 3 is 2.12 bits per heavy atom. The van der Waals surface area contributed by atoms with Gasteiger partial charge in [0, 0.05) is 0 Å². The van der Waals surface area contributed by atoms with Gasteiger partial charge in [-0.15, -0.1) is 0 Å². The molecule has 0 spiro atoms. The third-order valence-electron chi connectivity index (χ3n) is 2.34. The van der Waals surface area contributed by atoms with Crippen molar-refractivity contribution < 1.29 is 19.7 Å². The van der Waals surface area contributed by atoms with E-state index in [0.717, 1.165) is 12.8 Å². The van der Waals surface area contributed by atoms with Crippen LogP contribution in [0.15, 0.2) is 0 Å². The fraction of sp³-hybridized carbons (Fsp3) is 1.00.